The Morgan fingerprint density at radius 3 is 2.88 bits per heavy atom. The second-order valence-electron chi connectivity index (χ2n) is 4.46. The number of carbonyl (C=O) groups is 2. The highest BCUT2D eigenvalue weighted by molar-refractivity contribution is 7.14. The van der Waals surface area contributed by atoms with E-state index >= 15 is 0 Å². The molecule has 0 radical (unpaired) electrons. The molecular formula is C13H17NO2S. The lowest BCUT2D eigenvalue weighted by atomic mass is 10.2. The topological polar surface area (TPSA) is 37.4 Å². The maximum Gasteiger partial charge on any atom is 0.222 e. The highest BCUT2D eigenvalue weighted by Gasteiger charge is 2.20. The van der Waals surface area contributed by atoms with Crippen LogP contribution in [0.2, 0.25) is 0 Å². The van der Waals surface area contributed by atoms with Gasteiger partial charge >= 0.3 is 0 Å². The molecule has 1 aromatic heterocycles. The Morgan fingerprint density at radius 1 is 1.35 bits per heavy atom. The number of ketones is 1. The molecule has 1 fully saturated rings. The predicted molar refractivity (Wildman–Crippen MR) is 68.4 cm³/mol. The van der Waals surface area contributed by atoms with Gasteiger partial charge in [-0.3, -0.25) is 9.59 Å². The molecule has 1 aliphatic heterocycles. The SMILES string of the molecule is Cc1ccc(C(=O)CN2CCCCCC2=O)s1. The molecule has 17 heavy (non-hydrogen) atoms. The molecule has 2 heterocycles. The van der Waals surface area contributed by atoms with E-state index in [2.05, 4.69) is 0 Å². The van der Waals surface area contributed by atoms with E-state index in [-0.39, 0.29) is 18.2 Å². The number of thiophene rings is 1. The van der Waals surface area contributed by atoms with Crippen molar-refractivity contribution < 1.29 is 9.59 Å². The number of amides is 1. The molecule has 0 bridgehead atoms. The van der Waals surface area contributed by atoms with E-state index in [0.717, 1.165) is 35.6 Å². The first-order chi connectivity index (χ1) is 8.16. The molecule has 1 aliphatic rings. The zero-order valence-corrected chi connectivity index (χ0v) is 10.9. The number of likely N-dealkylation sites (tertiary alicyclic amines) is 1. The second-order valence-corrected chi connectivity index (χ2v) is 5.75. The van der Waals surface area contributed by atoms with Crippen LogP contribution >= 0.6 is 11.3 Å². The van der Waals surface area contributed by atoms with Gasteiger partial charge in [0, 0.05) is 17.8 Å². The van der Waals surface area contributed by atoms with Crippen LogP contribution in [0.25, 0.3) is 0 Å². The van der Waals surface area contributed by atoms with Gasteiger partial charge in [-0.2, -0.15) is 0 Å². The lowest BCUT2D eigenvalue weighted by molar-refractivity contribution is -0.130. The Bertz CT molecular complexity index is 425. The first-order valence-corrected chi connectivity index (χ1v) is 6.86. The Hall–Kier alpha value is -1.16. The summed E-state index contributed by atoms with van der Waals surface area (Å²) in [5, 5.41) is 0. The molecule has 4 heteroatoms. The van der Waals surface area contributed by atoms with Crippen molar-refractivity contribution in [3.05, 3.63) is 21.9 Å². The average molecular weight is 251 g/mol. The minimum atomic E-state index is 0.0679. The number of Topliss-reactive ketones (excluding diaryl/α,β-unsaturated/α-hetero) is 1. The van der Waals surface area contributed by atoms with Crippen LogP contribution in [0.5, 0.6) is 0 Å². The standard InChI is InChI=1S/C13H17NO2S/c1-10-6-7-12(17-10)11(15)9-14-8-4-2-3-5-13(14)16/h6-7H,2-5,8-9H2,1H3. The van der Waals surface area contributed by atoms with Crippen molar-refractivity contribution in [2.45, 2.75) is 32.6 Å². The Balaban J connectivity index is 1.99. The Morgan fingerprint density at radius 2 is 2.18 bits per heavy atom. The van der Waals surface area contributed by atoms with Crippen molar-refractivity contribution in [2.75, 3.05) is 13.1 Å². The number of aryl methyl sites for hydroxylation is 1. The van der Waals surface area contributed by atoms with Crippen LogP contribution in [-0.2, 0) is 4.79 Å². The van der Waals surface area contributed by atoms with E-state index in [1.807, 2.05) is 19.1 Å². The molecule has 1 amide bonds. The fourth-order valence-electron chi connectivity index (χ4n) is 2.04. The third-order valence-corrected chi connectivity index (χ3v) is 4.06. The quantitative estimate of drug-likeness (QED) is 0.774. The summed E-state index contributed by atoms with van der Waals surface area (Å²) in [6, 6.07) is 3.80. The lowest BCUT2D eigenvalue weighted by Crippen LogP contribution is -2.34. The van der Waals surface area contributed by atoms with Crippen LogP contribution in [-0.4, -0.2) is 29.7 Å². The van der Waals surface area contributed by atoms with Crippen molar-refractivity contribution in [3.8, 4) is 0 Å². The first kappa shape index (κ1) is 12.3. The van der Waals surface area contributed by atoms with E-state index in [1.54, 1.807) is 4.90 Å². The van der Waals surface area contributed by atoms with Gasteiger partial charge in [0.2, 0.25) is 5.91 Å². The second kappa shape index (κ2) is 5.45. The Labute approximate surface area is 105 Å². The van der Waals surface area contributed by atoms with Gasteiger partial charge < -0.3 is 4.90 Å². The molecule has 2 rings (SSSR count). The highest BCUT2D eigenvalue weighted by atomic mass is 32.1. The largest absolute Gasteiger partial charge is 0.335 e. The average Bonchev–Trinajstić information content (AvgIpc) is 2.63. The highest BCUT2D eigenvalue weighted by Crippen LogP contribution is 2.17. The number of rotatable bonds is 3. The summed E-state index contributed by atoms with van der Waals surface area (Å²) in [7, 11) is 0. The van der Waals surface area contributed by atoms with Crippen LogP contribution in [0, 0.1) is 6.92 Å². The van der Waals surface area contributed by atoms with Crippen LogP contribution in [0.1, 0.15) is 40.2 Å². The molecule has 0 spiro atoms. The van der Waals surface area contributed by atoms with Crippen molar-refractivity contribution in [2.24, 2.45) is 0 Å². The molecule has 0 aliphatic carbocycles. The molecule has 1 saturated heterocycles. The van der Waals surface area contributed by atoms with Gasteiger partial charge in [-0.25, -0.2) is 0 Å². The summed E-state index contributed by atoms with van der Waals surface area (Å²) in [5.41, 5.74) is 0. The van der Waals surface area contributed by atoms with Crippen molar-refractivity contribution >= 4 is 23.0 Å². The van der Waals surface area contributed by atoms with Gasteiger partial charge in [0.15, 0.2) is 5.78 Å². The molecule has 0 aromatic carbocycles. The molecule has 0 unspecified atom stereocenters. The van der Waals surface area contributed by atoms with E-state index in [0.29, 0.717) is 6.42 Å². The Kier molecular flexibility index (Phi) is 3.94. The van der Waals surface area contributed by atoms with Gasteiger partial charge in [-0.15, -0.1) is 11.3 Å². The molecule has 0 atom stereocenters. The minimum Gasteiger partial charge on any atom is -0.335 e. The van der Waals surface area contributed by atoms with E-state index in [1.165, 1.54) is 11.3 Å². The van der Waals surface area contributed by atoms with Gasteiger partial charge in [0.05, 0.1) is 11.4 Å². The fraction of sp³-hybridized carbons (Fsp3) is 0.538. The maximum atomic E-state index is 12.0. The molecule has 92 valence electrons. The first-order valence-electron chi connectivity index (χ1n) is 6.04. The van der Waals surface area contributed by atoms with Crippen LogP contribution in [0.4, 0.5) is 0 Å². The number of carbonyl (C=O) groups excluding carboxylic acids is 2. The van der Waals surface area contributed by atoms with Crippen molar-refractivity contribution in [3.63, 3.8) is 0 Å². The van der Waals surface area contributed by atoms with Gasteiger partial charge in [0.1, 0.15) is 0 Å². The van der Waals surface area contributed by atoms with E-state index in [4.69, 9.17) is 0 Å². The fourth-order valence-corrected chi connectivity index (χ4v) is 2.84. The molecule has 3 nitrogen and oxygen atoms in total. The molecular weight excluding hydrogens is 234 g/mol. The van der Waals surface area contributed by atoms with Crippen LogP contribution in [0.3, 0.4) is 0 Å². The minimum absolute atomic E-state index is 0.0679. The molecule has 1 aromatic rings. The lowest BCUT2D eigenvalue weighted by Gasteiger charge is -2.18. The van der Waals surface area contributed by atoms with E-state index < -0.39 is 0 Å². The zero-order chi connectivity index (χ0) is 12.3. The summed E-state index contributed by atoms with van der Waals surface area (Å²) in [5.74, 6) is 0.197. The number of hydrogen-bond donors (Lipinski definition) is 0. The summed E-state index contributed by atoms with van der Waals surface area (Å²) in [4.78, 5) is 27.4. The van der Waals surface area contributed by atoms with Crippen LogP contribution in [0.15, 0.2) is 12.1 Å². The summed E-state index contributed by atoms with van der Waals surface area (Å²) >= 11 is 1.50. The monoisotopic (exact) mass is 251 g/mol. The number of hydrogen-bond acceptors (Lipinski definition) is 3. The van der Waals surface area contributed by atoms with E-state index in [9.17, 15) is 9.59 Å². The third kappa shape index (κ3) is 3.16. The molecule has 0 N–H and O–H groups in total. The van der Waals surface area contributed by atoms with Crippen molar-refractivity contribution in [1.29, 1.82) is 0 Å². The maximum absolute atomic E-state index is 12.0. The predicted octanol–water partition coefficient (Wildman–Crippen LogP) is 2.64. The summed E-state index contributed by atoms with van der Waals surface area (Å²) < 4.78 is 0. The smallest absolute Gasteiger partial charge is 0.222 e. The van der Waals surface area contributed by atoms with Gasteiger partial charge in [-0.1, -0.05) is 6.42 Å². The van der Waals surface area contributed by atoms with Gasteiger partial charge in [0.25, 0.3) is 0 Å². The molecule has 0 saturated carbocycles. The summed E-state index contributed by atoms with van der Waals surface area (Å²) in [6.45, 7) is 2.96. The van der Waals surface area contributed by atoms with Crippen molar-refractivity contribution in [1.82, 2.24) is 4.90 Å². The van der Waals surface area contributed by atoms with Gasteiger partial charge in [-0.05, 0) is 31.9 Å². The zero-order valence-electron chi connectivity index (χ0n) is 10.1. The van der Waals surface area contributed by atoms with Crippen LogP contribution < -0.4 is 0 Å². The summed E-state index contributed by atoms with van der Waals surface area (Å²) in [6.07, 6.45) is 3.66. The third-order valence-electron chi connectivity index (χ3n) is 3.02. The normalized spacial score (nSPS) is 17.0. The number of nitrogens with zero attached hydrogens (tertiary/aromatic N) is 1.